The van der Waals surface area contributed by atoms with Gasteiger partial charge in [0.2, 0.25) is 5.91 Å². The molecule has 25 heavy (non-hydrogen) atoms. The van der Waals surface area contributed by atoms with Gasteiger partial charge in [-0.3, -0.25) is 4.79 Å². The predicted molar refractivity (Wildman–Crippen MR) is 105 cm³/mol. The van der Waals surface area contributed by atoms with Crippen molar-refractivity contribution in [2.24, 2.45) is 4.99 Å². The summed E-state index contributed by atoms with van der Waals surface area (Å²) in [6.07, 6.45) is 2.76. The number of aryl methyl sites for hydroxylation is 1. The molecule has 2 aromatic rings. The van der Waals surface area contributed by atoms with Gasteiger partial charge in [-0.05, 0) is 18.4 Å². The lowest BCUT2D eigenvalue weighted by Gasteiger charge is -2.22. The molecule has 0 unspecified atom stereocenters. The first-order valence-corrected chi connectivity index (χ1v) is 9.78. The molecule has 0 aliphatic rings. The average molecular weight is 380 g/mol. The zero-order valence-corrected chi connectivity index (χ0v) is 16.8. The Balaban J connectivity index is 1.97. The van der Waals surface area contributed by atoms with Crippen LogP contribution in [0.5, 0.6) is 0 Å². The average Bonchev–Trinajstić information content (AvgIpc) is 3.23. The second-order valence-corrected chi connectivity index (χ2v) is 8.25. The molecule has 2 rings (SSSR count). The second kappa shape index (κ2) is 9.53. The molecule has 0 aromatic carbocycles. The summed E-state index contributed by atoms with van der Waals surface area (Å²) in [5, 5.41) is 6.53. The van der Waals surface area contributed by atoms with E-state index < -0.39 is 0 Å². The van der Waals surface area contributed by atoms with Crippen LogP contribution in [0.4, 0.5) is 0 Å². The van der Waals surface area contributed by atoms with E-state index in [-0.39, 0.29) is 12.5 Å². The maximum absolute atomic E-state index is 11.9. The molecule has 2 heterocycles. The fourth-order valence-corrected chi connectivity index (χ4v) is 3.48. The number of guanidine groups is 1. The number of hydrogen-bond donors (Lipinski definition) is 1. The van der Waals surface area contributed by atoms with Crippen LogP contribution in [0, 0.1) is 6.92 Å². The number of carbonyl (C=O) groups is 1. The molecule has 1 amide bonds. The summed E-state index contributed by atoms with van der Waals surface area (Å²) in [5.74, 6) is 0.719. The first-order valence-electron chi connectivity index (χ1n) is 8.09. The number of amides is 1. The highest BCUT2D eigenvalue weighted by atomic mass is 32.1. The van der Waals surface area contributed by atoms with Gasteiger partial charge in [-0.15, -0.1) is 22.7 Å². The van der Waals surface area contributed by atoms with Crippen molar-refractivity contribution in [3.8, 4) is 0 Å². The Hall–Kier alpha value is -1.93. The molecule has 0 spiro atoms. The summed E-state index contributed by atoms with van der Waals surface area (Å²) in [6.45, 7) is 3.69. The number of likely N-dealkylation sites (N-methyl/N-ethyl adjacent to an activating group) is 2. The summed E-state index contributed by atoms with van der Waals surface area (Å²) in [6, 6.07) is 4.11. The standard InChI is InChI=1S/C17H25N5OS2/c1-13-10-18-15(25-13)7-8-22(4)17(20-12-16(23)21(2)3)19-11-14-6-5-9-24-14/h5-6,9-10H,7-8,11-12H2,1-4H3,(H,19,20). The molecule has 0 saturated carbocycles. The minimum absolute atomic E-state index is 0.0145. The third-order valence-electron chi connectivity index (χ3n) is 3.56. The molecule has 136 valence electrons. The van der Waals surface area contributed by atoms with Gasteiger partial charge in [0, 0.05) is 50.1 Å². The van der Waals surface area contributed by atoms with E-state index in [0.717, 1.165) is 23.9 Å². The van der Waals surface area contributed by atoms with E-state index in [0.29, 0.717) is 6.54 Å². The lowest BCUT2D eigenvalue weighted by atomic mass is 10.4. The molecule has 0 atom stereocenters. The highest BCUT2D eigenvalue weighted by Gasteiger charge is 2.10. The van der Waals surface area contributed by atoms with Gasteiger partial charge in [-0.25, -0.2) is 9.98 Å². The molecule has 2 aromatic heterocycles. The lowest BCUT2D eigenvalue weighted by Crippen LogP contribution is -2.40. The van der Waals surface area contributed by atoms with E-state index in [1.807, 2.05) is 24.2 Å². The normalized spacial score (nSPS) is 11.4. The summed E-state index contributed by atoms with van der Waals surface area (Å²) in [4.78, 5) is 26.8. The Labute approximate surface area is 157 Å². The Morgan fingerprint density at radius 1 is 1.36 bits per heavy atom. The van der Waals surface area contributed by atoms with E-state index in [2.05, 4.69) is 33.7 Å². The Morgan fingerprint density at radius 3 is 2.76 bits per heavy atom. The molecule has 0 fully saturated rings. The summed E-state index contributed by atoms with van der Waals surface area (Å²) in [7, 11) is 5.47. The Morgan fingerprint density at radius 2 is 2.16 bits per heavy atom. The van der Waals surface area contributed by atoms with Crippen LogP contribution in [0.1, 0.15) is 14.8 Å². The quantitative estimate of drug-likeness (QED) is 0.592. The molecular weight excluding hydrogens is 354 g/mol. The first kappa shape index (κ1) is 19.4. The third kappa shape index (κ3) is 6.47. The van der Waals surface area contributed by atoms with Crippen molar-refractivity contribution in [1.29, 1.82) is 0 Å². The summed E-state index contributed by atoms with van der Waals surface area (Å²) in [5.41, 5.74) is 0. The van der Waals surface area contributed by atoms with Crippen LogP contribution in [0.15, 0.2) is 28.7 Å². The van der Waals surface area contributed by atoms with Crippen LogP contribution in [0.25, 0.3) is 0 Å². The van der Waals surface area contributed by atoms with Gasteiger partial charge in [0.05, 0.1) is 11.6 Å². The minimum atomic E-state index is -0.0145. The Kier molecular flexibility index (Phi) is 7.39. The monoisotopic (exact) mass is 379 g/mol. The lowest BCUT2D eigenvalue weighted by molar-refractivity contribution is -0.127. The van der Waals surface area contributed by atoms with Gasteiger partial charge in [0.15, 0.2) is 5.96 Å². The van der Waals surface area contributed by atoms with Crippen molar-refractivity contribution in [1.82, 2.24) is 20.1 Å². The van der Waals surface area contributed by atoms with Crippen molar-refractivity contribution in [2.75, 3.05) is 34.2 Å². The van der Waals surface area contributed by atoms with E-state index in [1.54, 1.807) is 41.7 Å². The van der Waals surface area contributed by atoms with Gasteiger partial charge in [0.1, 0.15) is 6.54 Å². The highest BCUT2D eigenvalue weighted by molar-refractivity contribution is 7.11. The van der Waals surface area contributed by atoms with Gasteiger partial charge < -0.3 is 15.1 Å². The molecule has 0 saturated heterocycles. The number of nitrogens with zero attached hydrogens (tertiary/aromatic N) is 4. The maximum atomic E-state index is 11.9. The molecule has 8 heteroatoms. The first-order chi connectivity index (χ1) is 12.0. The zero-order valence-electron chi connectivity index (χ0n) is 15.2. The number of aliphatic imine (C=N–C) groups is 1. The molecule has 1 N–H and O–H groups in total. The number of carbonyl (C=O) groups excluding carboxylic acids is 1. The van der Waals surface area contributed by atoms with Crippen LogP contribution in [0.2, 0.25) is 0 Å². The number of nitrogens with one attached hydrogen (secondary N) is 1. The number of rotatable bonds is 7. The highest BCUT2D eigenvalue weighted by Crippen LogP contribution is 2.12. The predicted octanol–water partition coefficient (Wildman–Crippen LogP) is 2.22. The van der Waals surface area contributed by atoms with E-state index in [1.165, 1.54) is 9.75 Å². The summed E-state index contributed by atoms with van der Waals surface area (Å²) < 4.78 is 0. The van der Waals surface area contributed by atoms with Crippen LogP contribution < -0.4 is 5.32 Å². The van der Waals surface area contributed by atoms with Crippen molar-refractivity contribution in [2.45, 2.75) is 19.9 Å². The molecule has 0 radical (unpaired) electrons. The molecule has 6 nitrogen and oxygen atoms in total. The largest absolute Gasteiger partial charge is 0.351 e. The summed E-state index contributed by atoms with van der Waals surface area (Å²) >= 11 is 3.42. The Bertz CT molecular complexity index is 694. The smallest absolute Gasteiger partial charge is 0.243 e. The SMILES string of the molecule is Cc1cnc(CCN(C)C(=NCC(=O)N(C)C)NCc2cccs2)s1. The van der Waals surface area contributed by atoms with Gasteiger partial charge in [0.25, 0.3) is 0 Å². The second-order valence-electron chi connectivity index (χ2n) is 5.90. The van der Waals surface area contributed by atoms with E-state index in [9.17, 15) is 4.79 Å². The molecule has 0 bridgehead atoms. The molecular formula is C17H25N5OS2. The number of aromatic nitrogens is 1. The third-order valence-corrected chi connectivity index (χ3v) is 5.40. The fraction of sp³-hybridized carbons (Fsp3) is 0.471. The molecule has 0 aliphatic carbocycles. The van der Waals surface area contributed by atoms with Crippen LogP contribution in [-0.2, 0) is 17.8 Å². The van der Waals surface area contributed by atoms with Crippen molar-refractivity contribution in [3.63, 3.8) is 0 Å². The van der Waals surface area contributed by atoms with E-state index >= 15 is 0 Å². The van der Waals surface area contributed by atoms with E-state index in [4.69, 9.17) is 0 Å². The van der Waals surface area contributed by atoms with Crippen molar-refractivity contribution < 1.29 is 4.79 Å². The van der Waals surface area contributed by atoms with Crippen molar-refractivity contribution >= 4 is 34.5 Å². The maximum Gasteiger partial charge on any atom is 0.243 e. The topological polar surface area (TPSA) is 60.8 Å². The number of thiophene rings is 1. The van der Waals surface area contributed by atoms with Crippen LogP contribution in [0.3, 0.4) is 0 Å². The minimum Gasteiger partial charge on any atom is -0.351 e. The fourth-order valence-electron chi connectivity index (χ4n) is 2.06. The van der Waals surface area contributed by atoms with Gasteiger partial charge in [-0.2, -0.15) is 0 Å². The van der Waals surface area contributed by atoms with Gasteiger partial charge >= 0.3 is 0 Å². The van der Waals surface area contributed by atoms with Crippen LogP contribution in [-0.4, -0.2) is 60.9 Å². The number of thiazole rings is 1. The molecule has 0 aliphatic heterocycles. The van der Waals surface area contributed by atoms with Crippen molar-refractivity contribution in [3.05, 3.63) is 38.5 Å². The zero-order chi connectivity index (χ0) is 18.2. The number of hydrogen-bond acceptors (Lipinski definition) is 5. The van der Waals surface area contributed by atoms with Crippen LogP contribution >= 0.6 is 22.7 Å². The van der Waals surface area contributed by atoms with Gasteiger partial charge in [-0.1, -0.05) is 6.07 Å².